The molecule has 0 saturated carbocycles. The zero-order chi connectivity index (χ0) is 6.85. The average molecular weight is 163 g/mol. The Morgan fingerprint density at radius 3 is 2.78 bits per heavy atom. The first-order valence-corrected chi connectivity index (χ1v) is 2.94. The Balaban J connectivity index is 3.34. The summed E-state index contributed by atoms with van der Waals surface area (Å²) in [5.74, 6) is 0. The molecule has 0 aliphatic carbocycles. The predicted octanol–water partition coefficient (Wildman–Crippen LogP) is 1.50. The maximum Gasteiger partial charge on any atom is 0.164 e. The van der Waals surface area contributed by atoms with Gasteiger partial charge >= 0.3 is 0 Å². The van der Waals surface area contributed by atoms with E-state index in [-0.39, 0.29) is 9.79 Å². The van der Waals surface area contributed by atoms with Crippen LogP contribution in [0.5, 0.6) is 0 Å². The third-order valence-electron chi connectivity index (χ3n) is 0.751. The molecule has 3 nitrogen and oxygen atoms in total. The van der Waals surface area contributed by atoms with Crippen LogP contribution in [0.15, 0.2) is 12.1 Å². The van der Waals surface area contributed by atoms with Crippen molar-refractivity contribution in [3.8, 4) is 0 Å². The summed E-state index contributed by atoms with van der Waals surface area (Å²) in [7, 11) is 0. The summed E-state index contributed by atoms with van der Waals surface area (Å²) >= 11 is 9.98. The topological polar surface area (TPSA) is 38.0 Å². The Bertz CT molecular complexity index is 272. The van der Waals surface area contributed by atoms with Gasteiger partial charge in [0.15, 0.2) is 9.79 Å². The monoisotopic (exact) mass is 162 g/mol. The highest BCUT2D eigenvalue weighted by atomic mass is 35.5. The van der Waals surface area contributed by atoms with Crippen molar-refractivity contribution in [2.75, 3.05) is 0 Å². The van der Waals surface area contributed by atoms with Crippen LogP contribution in [-0.4, -0.2) is 15.2 Å². The van der Waals surface area contributed by atoms with Gasteiger partial charge in [0, 0.05) is 0 Å². The molecule has 1 aromatic rings. The van der Waals surface area contributed by atoms with Crippen molar-refractivity contribution in [1.82, 2.24) is 9.94 Å². The van der Waals surface area contributed by atoms with E-state index in [2.05, 4.69) is 17.3 Å². The Hall–Kier alpha value is -0.610. The van der Waals surface area contributed by atoms with Crippen LogP contribution in [-0.2, 0) is 0 Å². The van der Waals surface area contributed by atoms with Crippen molar-refractivity contribution in [2.45, 2.75) is 0 Å². The molecule has 1 aromatic heterocycles. The van der Waals surface area contributed by atoms with Gasteiger partial charge in [-0.2, -0.15) is 0 Å². The molecule has 1 rings (SSSR count). The number of nitrogens with zero attached hydrogens (tertiary/aromatic N) is 2. The summed E-state index contributed by atoms with van der Waals surface area (Å²) < 4.78 is 0.236. The second-order valence-electron chi connectivity index (χ2n) is 1.38. The van der Waals surface area contributed by atoms with Crippen LogP contribution in [0, 0.1) is 4.64 Å². The summed E-state index contributed by atoms with van der Waals surface area (Å²) in [5, 5.41) is 12.3. The van der Waals surface area contributed by atoms with Gasteiger partial charge in [-0.3, -0.25) is 0 Å². The SMILES string of the molecule is On1nc(Cl)ccc1=S. The van der Waals surface area contributed by atoms with Crippen LogP contribution < -0.4 is 0 Å². The Morgan fingerprint density at radius 1 is 1.67 bits per heavy atom. The van der Waals surface area contributed by atoms with Crippen molar-refractivity contribution in [3.63, 3.8) is 0 Å². The lowest BCUT2D eigenvalue weighted by Gasteiger charge is -1.92. The molecule has 0 spiro atoms. The van der Waals surface area contributed by atoms with Crippen LogP contribution in [0.25, 0.3) is 0 Å². The van der Waals surface area contributed by atoms with Crippen LogP contribution in [0.1, 0.15) is 0 Å². The quantitative estimate of drug-likeness (QED) is 0.464. The Morgan fingerprint density at radius 2 is 2.33 bits per heavy atom. The number of hydrogen-bond acceptors (Lipinski definition) is 3. The van der Waals surface area contributed by atoms with Crippen LogP contribution in [0.2, 0.25) is 5.15 Å². The minimum atomic E-state index is 0.214. The van der Waals surface area contributed by atoms with Crippen molar-refractivity contribution >= 4 is 23.8 Å². The molecule has 1 N–H and O–H groups in total. The molecule has 5 heteroatoms. The second kappa shape index (κ2) is 2.33. The molecule has 0 aliphatic heterocycles. The standard InChI is InChI=1S/C4H3ClN2OS/c5-3-1-2-4(9)7(8)6-3/h1-2,8H. The number of hydrogen-bond donors (Lipinski definition) is 1. The molecular weight excluding hydrogens is 160 g/mol. The van der Waals surface area contributed by atoms with Gasteiger partial charge in [0.1, 0.15) is 0 Å². The summed E-state index contributed by atoms with van der Waals surface area (Å²) in [6.45, 7) is 0. The highest BCUT2D eigenvalue weighted by Crippen LogP contribution is 2.00. The van der Waals surface area contributed by atoms with Gasteiger partial charge in [0.25, 0.3) is 0 Å². The second-order valence-corrected chi connectivity index (χ2v) is 2.19. The van der Waals surface area contributed by atoms with Gasteiger partial charge in [-0.1, -0.05) is 28.7 Å². The van der Waals surface area contributed by atoms with E-state index < -0.39 is 0 Å². The van der Waals surface area contributed by atoms with E-state index in [0.717, 1.165) is 0 Å². The molecule has 0 atom stereocenters. The van der Waals surface area contributed by atoms with Crippen molar-refractivity contribution < 1.29 is 5.21 Å². The van der Waals surface area contributed by atoms with E-state index in [1.807, 2.05) is 0 Å². The summed E-state index contributed by atoms with van der Waals surface area (Å²) in [4.78, 5) is 0.553. The molecule has 0 saturated heterocycles. The molecule has 0 radical (unpaired) electrons. The first-order chi connectivity index (χ1) is 4.20. The fourth-order valence-electron chi connectivity index (χ4n) is 0.380. The van der Waals surface area contributed by atoms with E-state index in [0.29, 0.717) is 4.85 Å². The fraction of sp³-hybridized carbons (Fsp3) is 0. The lowest BCUT2D eigenvalue weighted by Crippen LogP contribution is -1.98. The zero-order valence-electron chi connectivity index (χ0n) is 4.28. The van der Waals surface area contributed by atoms with E-state index in [1.54, 1.807) is 0 Å². The molecule has 0 fully saturated rings. The maximum absolute atomic E-state index is 8.72. The smallest absolute Gasteiger partial charge is 0.164 e. The molecule has 0 amide bonds. The molecule has 48 valence electrons. The van der Waals surface area contributed by atoms with Crippen molar-refractivity contribution in [1.29, 1.82) is 0 Å². The van der Waals surface area contributed by atoms with Gasteiger partial charge in [-0.15, -0.1) is 5.10 Å². The van der Waals surface area contributed by atoms with E-state index in [9.17, 15) is 0 Å². The highest BCUT2D eigenvalue weighted by molar-refractivity contribution is 7.71. The molecule has 0 bridgehead atoms. The number of aromatic nitrogens is 2. The molecule has 9 heavy (non-hydrogen) atoms. The van der Waals surface area contributed by atoms with Gasteiger partial charge in [-0.05, 0) is 12.1 Å². The average Bonchev–Trinajstić information content (AvgIpc) is 1.80. The summed E-state index contributed by atoms with van der Waals surface area (Å²) in [6, 6.07) is 3.00. The molecule has 0 unspecified atom stereocenters. The van der Waals surface area contributed by atoms with E-state index >= 15 is 0 Å². The van der Waals surface area contributed by atoms with Gasteiger partial charge in [-0.25, -0.2) is 0 Å². The fourth-order valence-corrected chi connectivity index (χ4v) is 0.623. The third kappa shape index (κ3) is 1.40. The Kier molecular flexibility index (Phi) is 1.68. The van der Waals surface area contributed by atoms with Gasteiger partial charge < -0.3 is 5.21 Å². The zero-order valence-corrected chi connectivity index (χ0v) is 5.85. The minimum absolute atomic E-state index is 0.214. The Labute approximate surface area is 61.5 Å². The molecular formula is C4H3ClN2OS. The summed E-state index contributed by atoms with van der Waals surface area (Å²) in [6.07, 6.45) is 0. The molecule has 0 aromatic carbocycles. The van der Waals surface area contributed by atoms with Crippen LogP contribution in [0.3, 0.4) is 0 Å². The van der Waals surface area contributed by atoms with Crippen LogP contribution >= 0.6 is 23.8 Å². The van der Waals surface area contributed by atoms with Crippen molar-refractivity contribution in [3.05, 3.63) is 21.9 Å². The first-order valence-electron chi connectivity index (χ1n) is 2.15. The van der Waals surface area contributed by atoms with E-state index in [4.69, 9.17) is 16.8 Å². The summed E-state index contributed by atoms with van der Waals surface area (Å²) in [5.41, 5.74) is 0. The third-order valence-corrected chi connectivity index (χ3v) is 1.25. The number of halogens is 1. The molecule has 1 heterocycles. The lowest BCUT2D eigenvalue weighted by atomic mass is 10.6. The normalized spacial score (nSPS) is 9.44. The van der Waals surface area contributed by atoms with Gasteiger partial charge in [0.05, 0.1) is 0 Å². The first kappa shape index (κ1) is 6.51. The minimum Gasteiger partial charge on any atom is -0.411 e. The lowest BCUT2D eigenvalue weighted by molar-refractivity contribution is 0.140. The largest absolute Gasteiger partial charge is 0.411 e. The predicted molar refractivity (Wildman–Crippen MR) is 35.3 cm³/mol. The van der Waals surface area contributed by atoms with E-state index in [1.165, 1.54) is 12.1 Å². The van der Waals surface area contributed by atoms with Crippen LogP contribution in [0.4, 0.5) is 0 Å². The number of rotatable bonds is 0. The highest BCUT2D eigenvalue weighted by Gasteiger charge is 1.89. The van der Waals surface area contributed by atoms with Crippen molar-refractivity contribution in [2.24, 2.45) is 0 Å². The van der Waals surface area contributed by atoms with Gasteiger partial charge in [0.2, 0.25) is 0 Å². The molecule has 0 aliphatic rings. The maximum atomic E-state index is 8.72.